The molecule has 5 heteroatoms. The molecule has 1 saturated carbocycles. The molecule has 1 aromatic carbocycles. The van der Waals surface area contributed by atoms with Gasteiger partial charge in [-0.3, -0.25) is 9.78 Å². The van der Waals surface area contributed by atoms with Crippen LogP contribution >= 0.6 is 0 Å². The summed E-state index contributed by atoms with van der Waals surface area (Å²) in [4.78, 5) is 16.8. The summed E-state index contributed by atoms with van der Waals surface area (Å²) in [6.07, 6.45) is 12.1. The number of nitrogens with zero attached hydrogens (tertiary/aromatic N) is 3. The maximum atomic E-state index is 12.7. The zero-order valence-corrected chi connectivity index (χ0v) is 15.6. The Morgan fingerprint density at radius 2 is 1.81 bits per heavy atom. The van der Waals surface area contributed by atoms with Crippen LogP contribution in [0.3, 0.4) is 0 Å². The van der Waals surface area contributed by atoms with Crippen LogP contribution in [0.1, 0.15) is 47.2 Å². The number of hydrogen-bond acceptors (Lipinski definition) is 3. The number of carbonyl (C=O) groups is 1. The average molecular weight is 360 g/mol. The van der Waals surface area contributed by atoms with Crippen LogP contribution in [-0.2, 0) is 5.41 Å². The maximum absolute atomic E-state index is 12.7. The molecule has 0 bridgehead atoms. The van der Waals surface area contributed by atoms with Gasteiger partial charge in [0.15, 0.2) is 0 Å². The van der Waals surface area contributed by atoms with Crippen molar-refractivity contribution in [3.05, 3.63) is 77.9 Å². The zero-order valence-electron chi connectivity index (χ0n) is 15.6. The predicted molar refractivity (Wildman–Crippen MR) is 105 cm³/mol. The first-order valence-corrected chi connectivity index (χ1v) is 9.47. The SMILES string of the molecule is Cc1cnn(-c2ccc(C(=O)NCC3(c4ccncc4)CCCC3)cc2)c1. The average Bonchev–Trinajstić information content (AvgIpc) is 3.37. The number of nitrogens with one attached hydrogen (secondary N) is 1. The summed E-state index contributed by atoms with van der Waals surface area (Å²) in [6, 6.07) is 11.7. The van der Waals surface area contributed by atoms with Crippen molar-refractivity contribution in [1.82, 2.24) is 20.1 Å². The second-order valence-electron chi connectivity index (χ2n) is 7.42. The molecule has 5 nitrogen and oxygen atoms in total. The van der Waals surface area contributed by atoms with E-state index < -0.39 is 0 Å². The molecular weight excluding hydrogens is 336 g/mol. The smallest absolute Gasteiger partial charge is 0.251 e. The quantitative estimate of drug-likeness (QED) is 0.752. The third kappa shape index (κ3) is 3.63. The van der Waals surface area contributed by atoms with E-state index in [4.69, 9.17) is 0 Å². The van der Waals surface area contributed by atoms with E-state index in [1.54, 1.807) is 0 Å². The summed E-state index contributed by atoms with van der Waals surface area (Å²) in [5.41, 5.74) is 4.04. The molecule has 0 aliphatic heterocycles. The maximum Gasteiger partial charge on any atom is 0.251 e. The summed E-state index contributed by atoms with van der Waals surface area (Å²) in [7, 11) is 0. The highest BCUT2D eigenvalue weighted by molar-refractivity contribution is 5.94. The minimum atomic E-state index is -0.0291. The van der Waals surface area contributed by atoms with Gasteiger partial charge in [0.2, 0.25) is 0 Å². The van der Waals surface area contributed by atoms with Crippen molar-refractivity contribution in [3.8, 4) is 5.69 Å². The van der Waals surface area contributed by atoms with E-state index in [0.29, 0.717) is 12.1 Å². The molecule has 1 aliphatic carbocycles. The number of pyridine rings is 1. The van der Waals surface area contributed by atoms with Crippen molar-refractivity contribution in [1.29, 1.82) is 0 Å². The lowest BCUT2D eigenvalue weighted by molar-refractivity contribution is 0.0943. The van der Waals surface area contributed by atoms with E-state index >= 15 is 0 Å². The van der Waals surface area contributed by atoms with E-state index in [1.807, 2.05) is 60.7 Å². The molecule has 2 heterocycles. The fourth-order valence-corrected chi connectivity index (χ4v) is 4.00. The van der Waals surface area contributed by atoms with E-state index in [2.05, 4.69) is 27.5 Å². The topological polar surface area (TPSA) is 59.8 Å². The van der Waals surface area contributed by atoms with E-state index in [-0.39, 0.29) is 11.3 Å². The first-order chi connectivity index (χ1) is 13.2. The molecule has 1 amide bonds. The number of carbonyl (C=O) groups excluding carboxylic acids is 1. The van der Waals surface area contributed by atoms with Crippen molar-refractivity contribution in [2.75, 3.05) is 6.54 Å². The van der Waals surface area contributed by atoms with Crippen LogP contribution in [0.4, 0.5) is 0 Å². The standard InChI is InChI=1S/C22H24N4O/c1-17-14-25-26(15-17)20-6-4-18(5-7-20)21(27)24-16-22(10-2-3-11-22)19-8-12-23-13-9-19/h4-9,12-15H,2-3,10-11,16H2,1H3,(H,24,27). The van der Waals surface area contributed by atoms with Crippen LogP contribution in [0.15, 0.2) is 61.2 Å². The van der Waals surface area contributed by atoms with Crippen LogP contribution in [-0.4, -0.2) is 27.2 Å². The van der Waals surface area contributed by atoms with Gasteiger partial charge in [0, 0.05) is 36.1 Å². The highest BCUT2D eigenvalue weighted by Gasteiger charge is 2.35. The van der Waals surface area contributed by atoms with Gasteiger partial charge in [-0.25, -0.2) is 4.68 Å². The molecule has 3 aromatic rings. The van der Waals surface area contributed by atoms with Crippen LogP contribution in [0.5, 0.6) is 0 Å². The molecule has 0 unspecified atom stereocenters. The fourth-order valence-electron chi connectivity index (χ4n) is 4.00. The lowest BCUT2D eigenvalue weighted by Gasteiger charge is -2.29. The Hall–Kier alpha value is -2.95. The number of rotatable bonds is 5. The van der Waals surface area contributed by atoms with Crippen LogP contribution in [0.25, 0.3) is 5.69 Å². The molecule has 0 spiro atoms. The number of aryl methyl sites for hydroxylation is 1. The van der Waals surface area contributed by atoms with Gasteiger partial charge in [-0.15, -0.1) is 0 Å². The Bertz CT molecular complexity index is 909. The molecule has 4 rings (SSSR count). The molecule has 0 saturated heterocycles. The largest absolute Gasteiger partial charge is 0.351 e. The Morgan fingerprint density at radius 3 is 2.44 bits per heavy atom. The minimum absolute atomic E-state index is 0.0291. The first-order valence-electron chi connectivity index (χ1n) is 9.47. The van der Waals surface area contributed by atoms with Crippen molar-refractivity contribution in [2.45, 2.75) is 38.0 Å². The monoisotopic (exact) mass is 360 g/mol. The molecule has 1 aliphatic rings. The summed E-state index contributed by atoms with van der Waals surface area (Å²) in [6.45, 7) is 2.67. The van der Waals surface area contributed by atoms with Gasteiger partial charge in [-0.05, 0) is 67.3 Å². The van der Waals surface area contributed by atoms with Gasteiger partial charge in [0.1, 0.15) is 0 Å². The van der Waals surface area contributed by atoms with Crippen molar-refractivity contribution >= 4 is 5.91 Å². The van der Waals surface area contributed by atoms with Gasteiger partial charge in [0.05, 0.1) is 11.9 Å². The zero-order chi connectivity index (χ0) is 18.7. The van der Waals surface area contributed by atoms with Crippen molar-refractivity contribution in [3.63, 3.8) is 0 Å². The third-order valence-corrected chi connectivity index (χ3v) is 5.55. The van der Waals surface area contributed by atoms with Crippen molar-refractivity contribution in [2.24, 2.45) is 0 Å². The molecule has 138 valence electrons. The Labute approximate surface area is 159 Å². The number of benzene rings is 1. The third-order valence-electron chi connectivity index (χ3n) is 5.55. The molecule has 2 aromatic heterocycles. The van der Waals surface area contributed by atoms with Crippen molar-refractivity contribution < 1.29 is 4.79 Å². The van der Waals surface area contributed by atoms with Gasteiger partial charge in [-0.2, -0.15) is 5.10 Å². The molecule has 27 heavy (non-hydrogen) atoms. The number of aromatic nitrogens is 3. The van der Waals surface area contributed by atoms with Gasteiger partial charge < -0.3 is 5.32 Å². The Kier molecular flexibility index (Phi) is 4.75. The molecule has 0 radical (unpaired) electrons. The lowest BCUT2D eigenvalue weighted by Crippen LogP contribution is -2.39. The number of amides is 1. The minimum Gasteiger partial charge on any atom is -0.351 e. The summed E-state index contributed by atoms with van der Waals surface area (Å²) in [5.74, 6) is -0.0291. The predicted octanol–water partition coefficient (Wildman–Crippen LogP) is 3.82. The van der Waals surface area contributed by atoms with Crippen LogP contribution in [0.2, 0.25) is 0 Å². The highest BCUT2D eigenvalue weighted by atomic mass is 16.1. The second kappa shape index (κ2) is 7.35. The second-order valence-corrected chi connectivity index (χ2v) is 7.42. The van der Waals surface area contributed by atoms with E-state index in [0.717, 1.165) is 24.1 Å². The molecule has 0 atom stereocenters. The fraction of sp³-hybridized carbons (Fsp3) is 0.318. The summed E-state index contributed by atoms with van der Waals surface area (Å²) in [5, 5.41) is 7.46. The van der Waals surface area contributed by atoms with Gasteiger partial charge in [0.25, 0.3) is 5.91 Å². The van der Waals surface area contributed by atoms with E-state index in [9.17, 15) is 4.79 Å². The normalized spacial score (nSPS) is 15.6. The Morgan fingerprint density at radius 1 is 1.11 bits per heavy atom. The van der Waals surface area contributed by atoms with E-state index in [1.165, 1.54) is 18.4 Å². The summed E-state index contributed by atoms with van der Waals surface area (Å²) >= 11 is 0. The molecule has 1 fully saturated rings. The van der Waals surface area contributed by atoms with Crippen LogP contribution < -0.4 is 5.32 Å². The molecular formula is C22H24N4O. The number of hydrogen-bond donors (Lipinski definition) is 1. The summed E-state index contributed by atoms with van der Waals surface area (Å²) < 4.78 is 1.81. The van der Waals surface area contributed by atoms with Gasteiger partial charge >= 0.3 is 0 Å². The lowest BCUT2D eigenvalue weighted by atomic mass is 9.79. The first kappa shape index (κ1) is 17.5. The Balaban J connectivity index is 1.45. The van der Waals surface area contributed by atoms with Crippen LogP contribution in [0, 0.1) is 6.92 Å². The van der Waals surface area contributed by atoms with Gasteiger partial charge in [-0.1, -0.05) is 12.8 Å². The highest BCUT2D eigenvalue weighted by Crippen LogP contribution is 2.40. The molecule has 1 N–H and O–H groups in total.